The van der Waals surface area contributed by atoms with Crippen LogP contribution in [0.5, 0.6) is 5.75 Å². The Balaban J connectivity index is 1.50. The Hall–Kier alpha value is -1.80. The van der Waals surface area contributed by atoms with Gasteiger partial charge in [0.05, 0.1) is 0 Å². The van der Waals surface area contributed by atoms with Gasteiger partial charge in [0.1, 0.15) is 12.4 Å². The topological polar surface area (TPSA) is 12.5 Å². The Morgan fingerprint density at radius 3 is 2.62 bits per heavy atom. The highest BCUT2D eigenvalue weighted by atomic mass is 16.5. The van der Waals surface area contributed by atoms with Crippen molar-refractivity contribution in [2.45, 2.75) is 19.3 Å². The fourth-order valence-electron chi connectivity index (χ4n) is 3.55. The molecule has 1 aliphatic heterocycles. The van der Waals surface area contributed by atoms with Crippen LogP contribution in [0, 0.1) is 0 Å². The lowest BCUT2D eigenvalue weighted by atomic mass is 10.1. The van der Waals surface area contributed by atoms with E-state index >= 15 is 0 Å². The second kappa shape index (κ2) is 5.53. The Kier molecular flexibility index (Phi) is 3.40. The van der Waals surface area contributed by atoms with Crippen molar-refractivity contribution in [2.24, 2.45) is 0 Å². The maximum Gasteiger partial charge on any atom is 0.123 e. The Morgan fingerprint density at radius 1 is 0.905 bits per heavy atom. The van der Waals surface area contributed by atoms with Gasteiger partial charge in [0, 0.05) is 18.5 Å². The van der Waals surface area contributed by atoms with Gasteiger partial charge in [-0.15, -0.1) is 0 Å². The van der Waals surface area contributed by atoms with Crippen molar-refractivity contribution in [1.82, 2.24) is 4.90 Å². The molecule has 0 bridgehead atoms. The normalized spacial score (nSPS) is 16.8. The van der Waals surface area contributed by atoms with Crippen molar-refractivity contribution in [3.8, 4) is 16.9 Å². The van der Waals surface area contributed by atoms with Crippen molar-refractivity contribution in [3.63, 3.8) is 0 Å². The number of hydrogen-bond donors (Lipinski definition) is 0. The molecule has 0 atom stereocenters. The summed E-state index contributed by atoms with van der Waals surface area (Å²) in [6.07, 6.45) is 3.69. The van der Waals surface area contributed by atoms with Crippen LogP contribution >= 0.6 is 0 Å². The number of hydrogen-bond acceptors (Lipinski definition) is 2. The van der Waals surface area contributed by atoms with Gasteiger partial charge in [-0.3, -0.25) is 4.90 Å². The average Bonchev–Trinajstić information content (AvgIpc) is 3.15. The first-order valence-electron chi connectivity index (χ1n) is 7.97. The Labute approximate surface area is 126 Å². The van der Waals surface area contributed by atoms with E-state index in [-0.39, 0.29) is 0 Å². The largest absolute Gasteiger partial charge is 0.492 e. The Morgan fingerprint density at radius 2 is 1.71 bits per heavy atom. The molecule has 0 radical (unpaired) electrons. The van der Waals surface area contributed by atoms with Crippen LogP contribution in [0.25, 0.3) is 11.1 Å². The minimum absolute atomic E-state index is 0.798. The van der Waals surface area contributed by atoms with Crippen LogP contribution in [0.15, 0.2) is 42.5 Å². The van der Waals surface area contributed by atoms with Crippen LogP contribution in [-0.2, 0) is 6.42 Å². The van der Waals surface area contributed by atoms with Gasteiger partial charge in [0.2, 0.25) is 0 Å². The smallest absolute Gasteiger partial charge is 0.123 e. The van der Waals surface area contributed by atoms with Gasteiger partial charge in [0.25, 0.3) is 0 Å². The summed E-state index contributed by atoms with van der Waals surface area (Å²) in [5.41, 5.74) is 5.50. The number of benzene rings is 2. The minimum Gasteiger partial charge on any atom is -0.492 e. The van der Waals surface area contributed by atoms with Crippen molar-refractivity contribution in [2.75, 3.05) is 26.2 Å². The molecule has 2 aromatic rings. The number of rotatable bonds is 4. The molecule has 2 heteroatoms. The molecule has 1 fully saturated rings. The average molecular weight is 279 g/mol. The van der Waals surface area contributed by atoms with Gasteiger partial charge in [-0.1, -0.05) is 36.4 Å². The van der Waals surface area contributed by atoms with Crippen molar-refractivity contribution in [3.05, 3.63) is 53.6 Å². The van der Waals surface area contributed by atoms with E-state index in [4.69, 9.17) is 4.74 Å². The molecule has 2 nitrogen and oxygen atoms in total. The fourth-order valence-corrected chi connectivity index (χ4v) is 3.55. The third-order valence-corrected chi connectivity index (χ3v) is 4.67. The monoisotopic (exact) mass is 279 g/mol. The zero-order valence-electron chi connectivity index (χ0n) is 12.3. The van der Waals surface area contributed by atoms with Gasteiger partial charge in [0.15, 0.2) is 0 Å². The van der Waals surface area contributed by atoms with E-state index in [1.165, 1.54) is 48.2 Å². The summed E-state index contributed by atoms with van der Waals surface area (Å²) in [5.74, 6) is 1.07. The molecule has 1 saturated heterocycles. The molecular formula is C19H21NO. The quantitative estimate of drug-likeness (QED) is 0.721. The lowest BCUT2D eigenvalue weighted by molar-refractivity contribution is 0.236. The van der Waals surface area contributed by atoms with Gasteiger partial charge in [-0.25, -0.2) is 0 Å². The van der Waals surface area contributed by atoms with E-state index in [0.717, 1.165) is 25.3 Å². The van der Waals surface area contributed by atoms with E-state index in [9.17, 15) is 0 Å². The Bertz CT molecular complexity index is 644. The second-order valence-electron chi connectivity index (χ2n) is 6.01. The predicted molar refractivity (Wildman–Crippen MR) is 85.9 cm³/mol. The standard InChI is InChI=1S/C19H21NO/c1-2-7-16-15(6-1)14-18-17(16)8-5-9-19(18)21-13-12-20-10-3-4-11-20/h1-2,5-9H,3-4,10-14H2. The predicted octanol–water partition coefficient (Wildman–Crippen LogP) is 3.73. The van der Waals surface area contributed by atoms with Crippen molar-refractivity contribution >= 4 is 0 Å². The van der Waals surface area contributed by atoms with Crippen LogP contribution in [-0.4, -0.2) is 31.1 Å². The first-order valence-corrected chi connectivity index (χ1v) is 7.97. The molecule has 0 amide bonds. The molecular weight excluding hydrogens is 258 g/mol. The molecule has 2 aliphatic rings. The highest BCUT2D eigenvalue weighted by Crippen LogP contribution is 2.40. The first kappa shape index (κ1) is 12.9. The van der Waals surface area contributed by atoms with Crippen LogP contribution in [0.1, 0.15) is 24.0 Å². The van der Waals surface area contributed by atoms with Gasteiger partial charge in [-0.2, -0.15) is 0 Å². The van der Waals surface area contributed by atoms with Crippen LogP contribution in [0.3, 0.4) is 0 Å². The third-order valence-electron chi connectivity index (χ3n) is 4.67. The first-order chi connectivity index (χ1) is 10.4. The zero-order chi connectivity index (χ0) is 14.1. The zero-order valence-corrected chi connectivity index (χ0v) is 12.3. The molecule has 1 heterocycles. The molecule has 0 saturated carbocycles. The molecule has 1 aliphatic carbocycles. The van der Waals surface area contributed by atoms with E-state index in [1.54, 1.807) is 0 Å². The highest BCUT2D eigenvalue weighted by Gasteiger charge is 2.21. The summed E-state index contributed by atoms with van der Waals surface area (Å²) in [6, 6.07) is 15.1. The van der Waals surface area contributed by atoms with Crippen LogP contribution in [0.2, 0.25) is 0 Å². The molecule has 2 aromatic carbocycles. The SMILES string of the molecule is c1ccc2c(c1)Cc1c(OCCN3CCCC3)cccc1-2. The van der Waals surface area contributed by atoms with E-state index < -0.39 is 0 Å². The molecule has 0 N–H and O–H groups in total. The van der Waals surface area contributed by atoms with E-state index in [2.05, 4.69) is 47.4 Å². The summed E-state index contributed by atoms with van der Waals surface area (Å²) >= 11 is 0. The van der Waals surface area contributed by atoms with Gasteiger partial charge in [-0.05, 0) is 48.7 Å². The summed E-state index contributed by atoms with van der Waals surface area (Å²) in [6.45, 7) is 4.33. The molecule has 0 spiro atoms. The summed E-state index contributed by atoms with van der Waals surface area (Å²) in [5, 5.41) is 0. The van der Waals surface area contributed by atoms with Gasteiger partial charge >= 0.3 is 0 Å². The maximum atomic E-state index is 6.10. The molecule has 0 unspecified atom stereocenters. The summed E-state index contributed by atoms with van der Waals surface area (Å²) in [4.78, 5) is 2.50. The number of ether oxygens (including phenoxy) is 1. The fraction of sp³-hybridized carbons (Fsp3) is 0.368. The number of fused-ring (bicyclic) bond motifs is 3. The summed E-state index contributed by atoms with van der Waals surface area (Å²) in [7, 11) is 0. The van der Waals surface area contributed by atoms with Crippen molar-refractivity contribution in [1.29, 1.82) is 0 Å². The maximum absolute atomic E-state index is 6.10. The molecule has 4 rings (SSSR count). The van der Waals surface area contributed by atoms with Crippen LogP contribution in [0.4, 0.5) is 0 Å². The van der Waals surface area contributed by atoms with E-state index in [0.29, 0.717) is 0 Å². The molecule has 21 heavy (non-hydrogen) atoms. The lowest BCUT2D eigenvalue weighted by Crippen LogP contribution is -2.25. The second-order valence-corrected chi connectivity index (χ2v) is 6.01. The molecule has 108 valence electrons. The molecule has 0 aromatic heterocycles. The minimum atomic E-state index is 0.798. The highest BCUT2D eigenvalue weighted by molar-refractivity contribution is 5.78. The van der Waals surface area contributed by atoms with E-state index in [1.807, 2.05) is 0 Å². The lowest BCUT2D eigenvalue weighted by Gasteiger charge is -2.16. The summed E-state index contributed by atoms with van der Waals surface area (Å²) < 4.78 is 6.10. The number of likely N-dealkylation sites (tertiary alicyclic amines) is 1. The number of nitrogens with zero attached hydrogens (tertiary/aromatic N) is 1. The van der Waals surface area contributed by atoms with Crippen molar-refractivity contribution < 1.29 is 4.74 Å². The third kappa shape index (κ3) is 2.44. The van der Waals surface area contributed by atoms with Crippen LogP contribution < -0.4 is 4.74 Å². The van der Waals surface area contributed by atoms with Gasteiger partial charge < -0.3 is 4.74 Å².